The molecule has 0 radical (unpaired) electrons. The molecule has 1 fully saturated rings. The molecule has 1 saturated heterocycles. The van der Waals surface area contributed by atoms with E-state index in [-0.39, 0.29) is 5.54 Å². The minimum atomic E-state index is -0.329. The average Bonchev–Trinajstić information content (AvgIpc) is 2.39. The van der Waals surface area contributed by atoms with Gasteiger partial charge in [-0.1, -0.05) is 36.2 Å². The van der Waals surface area contributed by atoms with Crippen LogP contribution in [-0.2, 0) is 11.2 Å². The lowest BCUT2D eigenvalue weighted by Crippen LogP contribution is -2.52. The van der Waals surface area contributed by atoms with Gasteiger partial charge in [-0.3, -0.25) is 9.69 Å². The standard InChI is InChI=1S/C17H25NO/c1-14-8-7-9-15(12-14)13-16(19)17(2,3)18-10-5-4-6-11-18/h7-9,12H,4-6,10-11,13H2,1-3H3. The Labute approximate surface area is 116 Å². The maximum atomic E-state index is 12.6. The van der Waals surface area contributed by atoms with Crippen LogP contribution in [0.1, 0.15) is 44.2 Å². The Morgan fingerprint density at radius 1 is 1.21 bits per heavy atom. The second-order valence-electron chi connectivity index (χ2n) is 6.20. The highest BCUT2D eigenvalue weighted by Gasteiger charge is 2.34. The monoisotopic (exact) mass is 259 g/mol. The number of piperidine rings is 1. The molecule has 0 saturated carbocycles. The van der Waals surface area contributed by atoms with E-state index >= 15 is 0 Å². The lowest BCUT2D eigenvalue weighted by Gasteiger charge is -2.39. The highest BCUT2D eigenvalue weighted by molar-refractivity contribution is 5.89. The number of hydrogen-bond donors (Lipinski definition) is 0. The molecule has 104 valence electrons. The van der Waals surface area contributed by atoms with Crippen LogP contribution < -0.4 is 0 Å². The number of rotatable bonds is 4. The van der Waals surface area contributed by atoms with Gasteiger partial charge in [0, 0.05) is 6.42 Å². The molecule has 0 aromatic heterocycles. The third kappa shape index (κ3) is 3.44. The van der Waals surface area contributed by atoms with E-state index in [1.54, 1.807) is 0 Å². The highest BCUT2D eigenvalue weighted by atomic mass is 16.1. The van der Waals surface area contributed by atoms with Gasteiger partial charge < -0.3 is 0 Å². The van der Waals surface area contributed by atoms with E-state index in [1.165, 1.54) is 24.8 Å². The maximum absolute atomic E-state index is 12.6. The van der Waals surface area contributed by atoms with Crippen LogP contribution in [0.5, 0.6) is 0 Å². The second kappa shape index (κ2) is 5.87. The van der Waals surface area contributed by atoms with Crippen molar-refractivity contribution in [2.75, 3.05) is 13.1 Å². The maximum Gasteiger partial charge on any atom is 0.156 e. The summed E-state index contributed by atoms with van der Waals surface area (Å²) in [6, 6.07) is 8.27. The van der Waals surface area contributed by atoms with Crippen molar-refractivity contribution in [3.63, 3.8) is 0 Å². The Morgan fingerprint density at radius 3 is 2.53 bits per heavy atom. The Balaban J connectivity index is 2.05. The quantitative estimate of drug-likeness (QED) is 0.826. The normalized spacial score (nSPS) is 17.4. The molecule has 1 heterocycles. The van der Waals surface area contributed by atoms with E-state index in [2.05, 4.69) is 43.9 Å². The largest absolute Gasteiger partial charge is 0.297 e. The molecule has 1 aliphatic heterocycles. The Hall–Kier alpha value is -1.15. The first kappa shape index (κ1) is 14.3. The molecule has 1 aliphatic rings. The van der Waals surface area contributed by atoms with Gasteiger partial charge in [0.25, 0.3) is 0 Å². The summed E-state index contributed by atoms with van der Waals surface area (Å²) in [6.07, 6.45) is 4.30. The van der Waals surface area contributed by atoms with Crippen molar-refractivity contribution >= 4 is 5.78 Å². The van der Waals surface area contributed by atoms with E-state index in [9.17, 15) is 4.79 Å². The van der Waals surface area contributed by atoms with Crippen molar-refractivity contribution in [3.05, 3.63) is 35.4 Å². The number of carbonyl (C=O) groups is 1. The first-order chi connectivity index (χ1) is 9.00. The van der Waals surface area contributed by atoms with Gasteiger partial charge >= 0.3 is 0 Å². The Morgan fingerprint density at radius 2 is 1.89 bits per heavy atom. The fraction of sp³-hybridized carbons (Fsp3) is 0.588. The SMILES string of the molecule is Cc1cccc(CC(=O)C(C)(C)N2CCCCC2)c1. The van der Waals surface area contributed by atoms with Crippen LogP contribution in [-0.4, -0.2) is 29.3 Å². The molecule has 2 nitrogen and oxygen atoms in total. The van der Waals surface area contributed by atoms with E-state index < -0.39 is 0 Å². The molecule has 19 heavy (non-hydrogen) atoms. The molecule has 0 spiro atoms. The van der Waals surface area contributed by atoms with Gasteiger partial charge in [0.05, 0.1) is 5.54 Å². The number of likely N-dealkylation sites (tertiary alicyclic amines) is 1. The van der Waals surface area contributed by atoms with Crippen molar-refractivity contribution in [3.8, 4) is 0 Å². The summed E-state index contributed by atoms with van der Waals surface area (Å²) in [5.41, 5.74) is 2.03. The van der Waals surface area contributed by atoms with Crippen LogP contribution in [0, 0.1) is 6.92 Å². The number of Topliss-reactive ketones (excluding diaryl/α,β-unsaturated/α-hetero) is 1. The summed E-state index contributed by atoms with van der Waals surface area (Å²) in [5.74, 6) is 0.333. The van der Waals surface area contributed by atoms with Crippen LogP contribution in [0.2, 0.25) is 0 Å². The third-order valence-corrected chi connectivity index (χ3v) is 4.28. The van der Waals surface area contributed by atoms with Crippen LogP contribution in [0.3, 0.4) is 0 Å². The van der Waals surface area contributed by atoms with Crippen molar-refractivity contribution in [2.24, 2.45) is 0 Å². The summed E-state index contributed by atoms with van der Waals surface area (Å²) in [7, 11) is 0. The van der Waals surface area contributed by atoms with Crippen molar-refractivity contribution in [2.45, 2.75) is 52.0 Å². The van der Waals surface area contributed by atoms with Crippen molar-refractivity contribution < 1.29 is 4.79 Å². The number of aryl methyl sites for hydroxylation is 1. The molecule has 2 rings (SSSR count). The zero-order valence-electron chi connectivity index (χ0n) is 12.4. The summed E-state index contributed by atoms with van der Waals surface area (Å²) in [4.78, 5) is 15.0. The van der Waals surface area contributed by atoms with Gasteiger partial charge in [0.2, 0.25) is 0 Å². The molecule has 0 bridgehead atoms. The molecule has 0 atom stereocenters. The molecule has 1 aromatic carbocycles. The highest BCUT2D eigenvalue weighted by Crippen LogP contribution is 2.23. The van der Waals surface area contributed by atoms with Gasteiger partial charge in [-0.2, -0.15) is 0 Å². The number of nitrogens with zero attached hydrogens (tertiary/aromatic N) is 1. The predicted octanol–water partition coefficient (Wildman–Crippen LogP) is 3.37. The number of ketones is 1. The molecular weight excluding hydrogens is 234 g/mol. The summed E-state index contributed by atoms with van der Waals surface area (Å²) in [6.45, 7) is 8.36. The molecular formula is C17H25NO. The van der Waals surface area contributed by atoms with Crippen LogP contribution in [0.4, 0.5) is 0 Å². The zero-order valence-corrected chi connectivity index (χ0v) is 12.4. The molecule has 0 aliphatic carbocycles. The van der Waals surface area contributed by atoms with Crippen LogP contribution >= 0.6 is 0 Å². The summed E-state index contributed by atoms with van der Waals surface area (Å²) in [5, 5.41) is 0. The van der Waals surface area contributed by atoms with Gasteiger partial charge in [-0.25, -0.2) is 0 Å². The zero-order chi connectivity index (χ0) is 13.9. The fourth-order valence-corrected chi connectivity index (χ4v) is 2.85. The number of hydrogen-bond acceptors (Lipinski definition) is 2. The Bertz CT molecular complexity index is 444. The minimum Gasteiger partial charge on any atom is -0.297 e. The van der Waals surface area contributed by atoms with Gasteiger partial charge in [-0.15, -0.1) is 0 Å². The van der Waals surface area contributed by atoms with Gasteiger partial charge in [-0.05, 0) is 52.3 Å². The molecule has 0 N–H and O–H groups in total. The lowest BCUT2D eigenvalue weighted by molar-refractivity contribution is -0.129. The summed E-state index contributed by atoms with van der Waals surface area (Å²) >= 11 is 0. The van der Waals surface area contributed by atoms with E-state index in [0.29, 0.717) is 12.2 Å². The van der Waals surface area contributed by atoms with Crippen LogP contribution in [0.15, 0.2) is 24.3 Å². The van der Waals surface area contributed by atoms with Crippen LogP contribution in [0.25, 0.3) is 0 Å². The molecule has 0 unspecified atom stereocenters. The van der Waals surface area contributed by atoms with E-state index in [1.807, 2.05) is 6.07 Å². The van der Waals surface area contributed by atoms with Crippen molar-refractivity contribution in [1.29, 1.82) is 0 Å². The Kier molecular flexibility index (Phi) is 4.41. The number of carbonyl (C=O) groups excluding carboxylic acids is 1. The first-order valence-electron chi connectivity index (χ1n) is 7.34. The smallest absolute Gasteiger partial charge is 0.156 e. The van der Waals surface area contributed by atoms with E-state index in [4.69, 9.17) is 0 Å². The molecule has 1 aromatic rings. The number of benzene rings is 1. The van der Waals surface area contributed by atoms with E-state index in [0.717, 1.165) is 18.7 Å². The van der Waals surface area contributed by atoms with Gasteiger partial charge in [0.15, 0.2) is 5.78 Å². The summed E-state index contributed by atoms with van der Waals surface area (Å²) < 4.78 is 0. The lowest BCUT2D eigenvalue weighted by atomic mass is 9.89. The second-order valence-corrected chi connectivity index (χ2v) is 6.20. The molecule has 0 amide bonds. The molecule has 2 heteroatoms. The predicted molar refractivity (Wildman–Crippen MR) is 79.4 cm³/mol. The third-order valence-electron chi connectivity index (χ3n) is 4.28. The average molecular weight is 259 g/mol. The minimum absolute atomic E-state index is 0.329. The van der Waals surface area contributed by atoms with Crippen molar-refractivity contribution in [1.82, 2.24) is 4.90 Å². The topological polar surface area (TPSA) is 20.3 Å². The van der Waals surface area contributed by atoms with Gasteiger partial charge in [0.1, 0.15) is 0 Å². The fourth-order valence-electron chi connectivity index (χ4n) is 2.85. The first-order valence-corrected chi connectivity index (χ1v) is 7.34.